The molecular formula is C26H24BrNO5. The van der Waals surface area contributed by atoms with Crippen LogP contribution in [0.1, 0.15) is 34.3 Å². The van der Waals surface area contributed by atoms with E-state index >= 15 is 0 Å². The van der Waals surface area contributed by atoms with Gasteiger partial charge >= 0.3 is 5.97 Å². The van der Waals surface area contributed by atoms with Gasteiger partial charge in [-0.05, 0) is 61.4 Å². The number of carbonyl (C=O) groups excluding carboxylic acids is 3. The van der Waals surface area contributed by atoms with Gasteiger partial charge in [0.15, 0.2) is 12.4 Å². The topological polar surface area (TPSA) is 81.7 Å². The number of hydrogen-bond acceptors (Lipinski definition) is 5. The summed E-state index contributed by atoms with van der Waals surface area (Å²) in [6.07, 6.45) is -0.167. The number of halogens is 1. The number of Topliss-reactive ketones (excluding diaryl/α,β-unsaturated/α-hetero) is 1. The molecule has 0 saturated heterocycles. The van der Waals surface area contributed by atoms with Gasteiger partial charge in [0.25, 0.3) is 0 Å². The predicted molar refractivity (Wildman–Crippen MR) is 130 cm³/mol. The molecule has 0 aliphatic carbocycles. The number of nitrogens with one attached hydrogen (secondary N) is 1. The van der Waals surface area contributed by atoms with E-state index in [0.717, 1.165) is 21.3 Å². The summed E-state index contributed by atoms with van der Waals surface area (Å²) < 4.78 is 11.8. The minimum atomic E-state index is -0.604. The van der Waals surface area contributed by atoms with Crippen molar-refractivity contribution in [2.45, 2.75) is 26.7 Å². The lowest BCUT2D eigenvalue weighted by Gasteiger charge is -2.12. The molecule has 33 heavy (non-hydrogen) atoms. The fourth-order valence-corrected chi connectivity index (χ4v) is 3.33. The number of esters is 1. The van der Waals surface area contributed by atoms with E-state index in [1.54, 1.807) is 48.5 Å². The molecule has 6 nitrogen and oxygen atoms in total. The SMILES string of the molecule is Cc1cccc(C)c1Oc1ccc(NC(=O)CCC(=O)OCC(=O)c2ccc(Br)cc2)cc1. The van der Waals surface area contributed by atoms with Crippen molar-refractivity contribution in [2.24, 2.45) is 0 Å². The van der Waals surface area contributed by atoms with Crippen molar-refractivity contribution in [3.05, 3.63) is 87.9 Å². The van der Waals surface area contributed by atoms with E-state index in [0.29, 0.717) is 17.0 Å². The quantitative estimate of drug-likeness (QED) is 0.282. The van der Waals surface area contributed by atoms with Crippen LogP contribution in [0.5, 0.6) is 11.5 Å². The second-order valence-electron chi connectivity index (χ2n) is 7.49. The van der Waals surface area contributed by atoms with Crippen molar-refractivity contribution < 1.29 is 23.9 Å². The third kappa shape index (κ3) is 7.29. The van der Waals surface area contributed by atoms with E-state index in [1.165, 1.54) is 0 Å². The highest BCUT2D eigenvalue weighted by atomic mass is 79.9. The molecule has 0 aliphatic rings. The van der Waals surface area contributed by atoms with Gasteiger partial charge in [0, 0.05) is 22.1 Å². The minimum absolute atomic E-state index is 0.0496. The van der Waals surface area contributed by atoms with Gasteiger partial charge in [0.05, 0.1) is 6.42 Å². The average Bonchev–Trinajstić information content (AvgIpc) is 2.80. The second kappa shape index (κ2) is 11.4. The maximum Gasteiger partial charge on any atom is 0.306 e. The van der Waals surface area contributed by atoms with Gasteiger partial charge in [0.1, 0.15) is 11.5 Å². The first-order valence-corrected chi connectivity index (χ1v) is 11.2. The maximum absolute atomic E-state index is 12.2. The molecular weight excluding hydrogens is 486 g/mol. The summed E-state index contributed by atoms with van der Waals surface area (Å²) in [6, 6.07) is 19.7. The number of aryl methyl sites for hydroxylation is 2. The zero-order valence-electron chi connectivity index (χ0n) is 18.4. The molecule has 3 rings (SSSR count). The Bertz CT molecular complexity index is 1120. The van der Waals surface area contributed by atoms with Crippen molar-refractivity contribution in [2.75, 3.05) is 11.9 Å². The summed E-state index contributed by atoms with van der Waals surface area (Å²) >= 11 is 3.30. The van der Waals surface area contributed by atoms with Crippen molar-refractivity contribution >= 4 is 39.3 Å². The Morgan fingerprint density at radius 3 is 2.12 bits per heavy atom. The van der Waals surface area contributed by atoms with Gasteiger partial charge in [-0.25, -0.2) is 0 Å². The highest BCUT2D eigenvalue weighted by molar-refractivity contribution is 9.10. The number of rotatable bonds is 9. The Labute approximate surface area is 201 Å². The Morgan fingerprint density at radius 2 is 1.48 bits per heavy atom. The van der Waals surface area contributed by atoms with Gasteiger partial charge in [-0.1, -0.05) is 46.3 Å². The fourth-order valence-electron chi connectivity index (χ4n) is 3.06. The lowest BCUT2D eigenvalue weighted by atomic mass is 10.1. The molecule has 1 amide bonds. The number of carbonyl (C=O) groups is 3. The highest BCUT2D eigenvalue weighted by Crippen LogP contribution is 2.29. The molecule has 1 N–H and O–H groups in total. The standard InChI is InChI=1S/C26H24BrNO5/c1-17-4-3-5-18(2)26(17)33-22-12-10-21(11-13-22)28-24(30)14-15-25(31)32-16-23(29)19-6-8-20(27)9-7-19/h3-13H,14-16H2,1-2H3,(H,28,30). The van der Waals surface area contributed by atoms with E-state index in [4.69, 9.17) is 9.47 Å². The number of hydrogen-bond donors (Lipinski definition) is 1. The molecule has 3 aromatic carbocycles. The van der Waals surface area contributed by atoms with Crippen molar-refractivity contribution in [3.8, 4) is 11.5 Å². The van der Waals surface area contributed by atoms with Gasteiger partial charge in [0.2, 0.25) is 5.91 Å². The van der Waals surface area contributed by atoms with Crippen LogP contribution >= 0.6 is 15.9 Å². The summed E-state index contributed by atoms with van der Waals surface area (Å²) in [6.45, 7) is 3.61. The van der Waals surface area contributed by atoms with Crippen LogP contribution in [0.25, 0.3) is 0 Å². The van der Waals surface area contributed by atoms with E-state index in [9.17, 15) is 14.4 Å². The Hall–Kier alpha value is -3.45. The molecule has 0 bridgehead atoms. The van der Waals surface area contributed by atoms with Crippen LogP contribution in [0.4, 0.5) is 5.69 Å². The van der Waals surface area contributed by atoms with Crippen molar-refractivity contribution in [3.63, 3.8) is 0 Å². The zero-order chi connectivity index (χ0) is 23.8. The molecule has 0 aliphatic heterocycles. The lowest BCUT2D eigenvalue weighted by molar-refractivity contribution is -0.143. The molecule has 0 fully saturated rings. The van der Waals surface area contributed by atoms with Crippen LogP contribution in [0.15, 0.2) is 71.2 Å². The molecule has 0 saturated carbocycles. The van der Waals surface area contributed by atoms with Crippen LogP contribution in [-0.2, 0) is 14.3 Å². The number of benzene rings is 3. The smallest absolute Gasteiger partial charge is 0.306 e. The molecule has 0 atom stereocenters. The third-order valence-corrected chi connectivity index (χ3v) is 5.38. The molecule has 0 radical (unpaired) electrons. The molecule has 0 aromatic heterocycles. The van der Waals surface area contributed by atoms with E-state index in [1.807, 2.05) is 32.0 Å². The number of ether oxygens (including phenoxy) is 2. The third-order valence-electron chi connectivity index (χ3n) is 4.85. The van der Waals surface area contributed by atoms with Gasteiger partial charge in [-0.2, -0.15) is 0 Å². The number of ketones is 1. The largest absolute Gasteiger partial charge is 0.457 e. The zero-order valence-corrected chi connectivity index (χ0v) is 20.0. The van der Waals surface area contributed by atoms with Crippen LogP contribution in [0, 0.1) is 13.8 Å². The molecule has 170 valence electrons. The summed E-state index contributed by atoms with van der Waals surface area (Å²) in [5, 5.41) is 2.73. The van der Waals surface area contributed by atoms with Crippen LogP contribution in [-0.4, -0.2) is 24.3 Å². The number of amides is 1. The van der Waals surface area contributed by atoms with Crippen molar-refractivity contribution in [1.29, 1.82) is 0 Å². The first-order chi connectivity index (χ1) is 15.8. The van der Waals surface area contributed by atoms with Gasteiger partial charge < -0.3 is 14.8 Å². The molecule has 0 heterocycles. The second-order valence-corrected chi connectivity index (χ2v) is 8.40. The average molecular weight is 510 g/mol. The Morgan fingerprint density at radius 1 is 0.848 bits per heavy atom. The fraction of sp³-hybridized carbons (Fsp3) is 0.192. The van der Waals surface area contributed by atoms with Crippen LogP contribution in [0.3, 0.4) is 0 Å². The van der Waals surface area contributed by atoms with Crippen LogP contribution in [0.2, 0.25) is 0 Å². The first kappa shape index (κ1) is 24.2. The summed E-state index contributed by atoms with van der Waals surface area (Å²) in [5.41, 5.74) is 3.12. The molecule has 0 unspecified atom stereocenters. The normalized spacial score (nSPS) is 10.4. The Kier molecular flexibility index (Phi) is 8.38. The van der Waals surface area contributed by atoms with Gasteiger partial charge in [-0.15, -0.1) is 0 Å². The number of anilines is 1. The first-order valence-electron chi connectivity index (χ1n) is 10.4. The summed E-state index contributed by atoms with van der Waals surface area (Å²) in [5.74, 6) is 0.238. The number of para-hydroxylation sites is 1. The summed E-state index contributed by atoms with van der Waals surface area (Å²) in [7, 11) is 0. The monoisotopic (exact) mass is 509 g/mol. The summed E-state index contributed by atoms with van der Waals surface area (Å²) in [4.78, 5) is 36.1. The lowest BCUT2D eigenvalue weighted by Crippen LogP contribution is -2.17. The molecule has 7 heteroatoms. The molecule has 0 spiro atoms. The van der Waals surface area contributed by atoms with E-state index in [-0.39, 0.29) is 31.1 Å². The van der Waals surface area contributed by atoms with E-state index in [2.05, 4.69) is 21.2 Å². The maximum atomic E-state index is 12.2. The van der Waals surface area contributed by atoms with E-state index < -0.39 is 5.97 Å². The van der Waals surface area contributed by atoms with Crippen molar-refractivity contribution in [1.82, 2.24) is 0 Å². The van der Waals surface area contributed by atoms with Gasteiger partial charge in [-0.3, -0.25) is 14.4 Å². The highest BCUT2D eigenvalue weighted by Gasteiger charge is 2.12. The minimum Gasteiger partial charge on any atom is -0.457 e. The molecule has 3 aromatic rings. The van der Waals surface area contributed by atoms with Crippen LogP contribution < -0.4 is 10.1 Å². The Balaban J connectivity index is 1.42. The predicted octanol–water partition coefficient (Wildman–Crippen LogP) is 6.00.